The second kappa shape index (κ2) is 13.4. The lowest BCUT2D eigenvalue weighted by Gasteiger charge is -2.19. The number of anilines is 2. The standard InChI is InChI=1S/C28H22ClF6N5O3S/c1-3-38-24-17-20(29)19(28(33,34)35)16-23(24)40(13-14-44-43-42-41)26(38)8-6-7-25-37(2)21-10-9-18(27(30,31)32)15-22(21)39(25)12-5-4-11-36/h6-10,15-17H,3-5,12H2,1-2H3/p+1. The summed E-state index contributed by atoms with van der Waals surface area (Å²) in [6.07, 6.45) is -3.91. The zero-order chi connectivity index (χ0) is 32.2. The monoisotopic (exact) mass is 658 g/mol. The van der Waals surface area contributed by atoms with Crippen LogP contribution in [0.4, 0.5) is 37.7 Å². The summed E-state index contributed by atoms with van der Waals surface area (Å²) in [6.45, 7) is 2.33. The zero-order valence-electron chi connectivity index (χ0n) is 23.0. The number of nitrogens with zero attached hydrogens (tertiary/aromatic N) is 5. The quantitative estimate of drug-likeness (QED) is 0.0507. The van der Waals surface area contributed by atoms with Crippen molar-refractivity contribution < 1.29 is 45.5 Å². The number of imidazole rings is 1. The average Bonchev–Trinajstić information content (AvgIpc) is 3.39. The molecule has 4 rings (SSSR count). The van der Waals surface area contributed by atoms with Crippen molar-refractivity contribution in [3.05, 3.63) is 70.3 Å². The summed E-state index contributed by atoms with van der Waals surface area (Å²) in [5.41, 5.74) is -0.607. The van der Waals surface area contributed by atoms with Crippen LogP contribution in [0, 0.1) is 22.6 Å². The Morgan fingerprint density at radius 2 is 1.86 bits per heavy atom. The van der Waals surface area contributed by atoms with Crippen LogP contribution in [-0.2, 0) is 35.3 Å². The molecule has 44 heavy (non-hydrogen) atoms. The van der Waals surface area contributed by atoms with Gasteiger partial charge < -0.3 is 4.90 Å². The number of aromatic nitrogens is 2. The number of aryl methyl sites for hydroxylation is 2. The number of hydrogen-bond donors (Lipinski definition) is 1. The third-order valence-corrected chi connectivity index (χ3v) is 7.34. The van der Waals surface area contributed by atoms with Crippen molar-refractivity contribution in [2.75, 3.05) is 16.3 Å². The highest BCUT2D eigenvalue weighted by molar-refractivity contribution is 7.99. The third-order valence-electron chi connectivity index (χ3n) is 6.72. The number of hydrogen-bond acceptors (Lipinski definition) is 7. The summed E-state index contributed by atoms with van der Waals surface area (Å²) in [5, 5.41) is 22.8. The Morgan fingerprint density at radius 1 is 1.11 bits per heavy atom. The van der Waals surface area contributed by atoms with E-state index in [2.05, 4.69) is 20.7 Å². The van der Waals surface area contributed by atoms with E-state index in [0.29, 0.717) is 53.4 Å². The molecule has 0 bridgehead atoms. The smallest absolute Gasteiger partial charge is 0.325 e. The molecule has 3 aromatic rings. The van der Waals surface area contributed by atoms with E-state index in [1.807, 2.05) is 6.07 Å². The molecular weight excluding hydrogens is 636 g/mol. The van der Waals surface area contributed by atoms with Crippen LogP contribution < -0.4 is 14.4 Å². The van der Waals surface area contributed by atoms with Gasteiger partial charge in [0.1, 0.15) is 17.9 Å². The van der Waals surface area contributed by atoms with Gasteiger partial charge >= 0.3 is 12.4 Å². The molecule has 0 fully saturated rings. The van der Waals surface area contributed by atoms with Gasteiger partial charge in [0.2, 0.25) is 0 Å². The lowest BCUT2D eigenvalue weighted by atomic mass is 10.1. The minimum Gasteiger partial charge on any atom is -0.325 e. The Morgan fingerprint density at radius 3 is 2.50 bits per heavy atom. The Hall–Kier alpha value is -3.86. The number of fused-ring (bicyclic) bond motifs is 2. The number of nitriles is 1. The minimum absolute atomic E-state index is 0.0806. The van der Waals surface area contributed by atoms with Gasteiger partial charge in [0.05, 0.1) is 47.2 Å². The highest BCUT2D eigenvalue weighted by atomic mass is 35.5. The van der Waals surface area contributed by atoms with Crippen molar-refractivity contribution in [1.29, 1.82) is 5.26 Å². The largest absolute Gasteiger partial charge is 0.417 e. The minimum atomic E-state index is -4.74. The first-order valence-corrected chi connectivity index (χ1v) is 13.9. The van der Waals surface area contributed by atoms with Crippen molar-refractivity contribution in [1.82, 2.24) is 4.57 Å². The summed E-state index contributed by atoms with van der Waals surface area (Å²) in [4.78, 5) is 2.95. The molecule has 0 saturated carbocycles. The number of alkyl halides is 6. The Kier molecular flexibility index (Phi) is 10.1. The molecule has 1 aromatic heterocycles. The molecule has 0 amide bonds. The van der Waals surface area contributed by atoms with Crippen LogP contribution in [0.25, 0.3) is 17.1 Å². The molecule has 1 aliphatic rings. The maximum atomic E-state index is 13.7. The second-order valence-corrected chi connectivity index (χ2v) is 10.2. The predicted molar refractivity (Wildman–Crippen MR) is 152 cm³/mol. The first-order chi connectivity index (χ1) is 20.8. The molecule has 2 aromatic carbocycles. The van der Waals surface area contributed by atoms with Gasteiger partial charge in [-0.3, -0.25) is 4.90 Å². The maximum Gasteiger partial charge on any atom is 0.417 e. The lowest BCUT2D eigenvalue weighted by molar-refractivity contribution is -0.647. The second-order valence-electron chi connectivity index (χ2n) is 9.25. The Labute approximate surface area is 257 Å². The molecule has 0 spiro atoms. The van der Waals surface area contributed by atoms with Crippen LogP contribution in [0.5, 0.6) is 0 Å². The number of allylic oxidation sites excluding steroid dienone is 2. The highest BCUT2D eigenvalue weighted by Gasteiger charge is 2.38. The topological polar surface area (TPSA) is 77.8 Å². The molecule has 0 radical (unpaired) electrons. The molecule has 0 aliphatic carbocycles. The van der Waals surface area contributed by atoms with Gasteiger partial charge in [-0.05, 0) is 43.7 Å². The van der Waals surface area contributed by atoms with Crippen LogP contribution in [-0.4, -0.2) is 16.4 Å². The Balaban J connectivity index is 1.84. The molecule has 0 unspecified atom stereocenters. The third kappa shape index (κ3) is 6.77. The first-order valence-electron chi connectivity index (χ1n) is 12.8. The molecule has 1 N–H and O–H groups in total. The Bertz CT molecular complexity index is 1720. The van der Waals surface area contributed by atoms with E-state index in [1.54, 1.807) is 46.2 Å². The zero-order valence-corrected chi connectivity index (χ0v) is 24.6. The molecule has 2 heterocycles. The number of unbranched alkanes of at least 4 members (excludes halogenated alkanes) is 1. The lowest BCUT2D eigenvalue weighted by Crippen LogP contribution is -2.31. The fourth-order valence-corrected chi connectivity index (χ4v) is 5.30. The van der Waals surface area contributed by atoms with E-state index in [9.17, 15) is 26.3 Å². The molecule has 16 heteroatoms. The van der Waals surface area contributed by atoms with E-state index in [4.69, 9.17) is 22.1 Å². The SMILES string of the molecule is CCN1/C(=C\C=C\c2n(CCCC#N)c3cc(C(F)(F)F)ccc3[n+]2C)N(C#CSOOO)c2cc(C(F)(F)F)c(Cl)cc21. The van der Waals surface area contributed by atoms with E-state index in [0.717, 1.165) is 18.2 Å². The maximum absolute atomic E-state index is 13.7. The summed E-state index contributed by atoms with van der Waals surface area (Å²) >= 11 is 6.39. The molecular formula is C28H23ClF6N5O3S+. The van der Waals surface area contributed by atoms with Crippen LogP contribution >= 0.6 is 23.6 Å². The van der Waals surface area contributed by atoms with Gasteiger partial charge in [0.25, 0.3) is 5.82 Å². The molecule has 8 nitrogen and oxygen atoms in total. The summed E-state index contributed by atoms with van der Waals surface area (Å²) in [7, 11) is 1.69. The summed E-state index contributed by atoms with van der Waals surface area (Å²) in [6, 6.07) is 10.2. The van der Waals surface area contributed by atoms with Crippen LogP contribution in [0.15, 0.2) is 48.3 Å². The van der Waals surface area contributed by atoms with E-state index in [1.165, 1.54) is 17.0 Å². The fourth-order valence-electron chi connectivity index (χ4n) is 4.84. The van der Waals surface area contributed by atoms with Crippen molar-refractivity contribution >= 4 is 52.1 Å². The van der Waals surface area contributed by atoms with Crippen LogP contribution in [0.3, 0.4) is 0 Å². The van der Waals surface area contributed by atoms with E-state index >= 15 is 0 Å². The number of rotatable bonds is 8. The van der Waals surface area contributed by atoms with Crippen molar-refractivity contribution in [3.63, 3.8) is 0 Å². The molecule has 1 aliphatic heterocycles. The van der Waals surface area contributed by atoms with Gasteiger partial charge in [-0.2, -0.15) is 31.6 Å². The van der Waals surface area contributed by atoms with Gasteiger partial charge in [-0.25, -0.2) is 14.4 Å². The number of halogens is 7. The van der Waals surface area contributed by atoms with Gasteiger partial charge in [0.15, 0.2) is 11.0 Å². The molecule has 0 saturated heterocycles. The summed E-state index contributed by atoms with van der Waals surface area (Å²) < 4.78 is 89.2. The fraction of sp³-hybridized carbons (Fsp3) is 0.286. The average molecular weight is 659 g/mol. The van der Waals surface area contributed by atoms with Gasteiger partial charge in [-0.15, -0.1) is 4.33 Å². The number of benzene rings is 2. The normalized spacial score (nSPS) is 14.4. The van der Waals surface area contributed by atoms with Crippen molar-refractivity contribution in [3.8, 4) is 17.4 Å². The molecule has 0 atom stereocenters. The van der Waals surface area contributed by atoms with Crippen molar-refractivity contribution in [2.45, 2.75) is 38.7 Å². The van der Waals surface area contributed by atoms with Crippen LogP contribution in [0.1, 0.15) is 36.7 Å². The van der Waals surface area contributed by atoms with Gasteiger partial charge in [-0.1, -0.05) is 22.7 Å². The molecule has 232 valence electrons. The highest BCUT2D eigenvalue weighted by Crippen LogP contribution is 2.47. The summed E-state index contributed by atoms with van der Waals surface area (Å²) in [5.74, 6) is 0.845. The van der Waals surface area contributed by atoms with E-state index in [-0.39, 0.29) is 18.7 Å². The van der Waals surface area contributed by atoms with Crippen LogP contribution in [0.2, 0.25) is 5.02 Å². The van der Waals surface area contributed by atoms with E-state index < -0.39 is 28.5 Å². The predicted octanol–water partition coefficient (Wildman–Crippen LogP) is 7.65. The van der Waals surface area contributed by atoms with Crippen molar-refractivity contribution in [2.24, 2.45) is 7.05 Å². The first kappa shape index (κ1) is 33.0. The van der Waals surface area contributed by atoms with Gasteiger partial charge in [0, 0.05) is 36.4 Å².